The van der Waals surface area contributed by atoms with Gasteiger partial charge in [-0.25, -0.2) is 0 Å². The second-order valence-electron chi connectivity index (χ2n) is 6.52. The largest absolute Gasteiger partial charge is 0.307 e. The van der Waals surface area contributed by atoms with E-state index < -0.39 is 0 Å². The fourth-order valence-corrected chi connectivity index (χ4v) is 3.55. The van der Waals surface area contributed by atoms with Gasteiger partial charge in [-0.15, -0.1) is 0 Å². The zero-order valence-corrected chi connectivity index (χ0v) is 13.3. The zero-order chi connectivity index (χ0) is 14.8. The highest BCUT2D eigenvalue weighted by Gasteiger charge is 2.20. The van der Waals surface area contributed by atoms with Crippen LogP contribution in [0.2, 0.25) is 0 Å². The summed E-state index contributed by atoms with van der Waals surface area (Å²) in [5.74, 6) is 0. The van der Waals surface area contributed by atoms with Gasteiger partial charge in [0.05, 0.1) is 0 Å². The molecule has 3 rings (SSSR count). The average Bonchev–Trinajstić information content (AvgIpc) is 2.46. The quantitative estimate of drug-likeness (QED) is 0.871. The van der Waals surface area contributed by atoms with Crippen molar-refractivity contribution in [3.8, 4) is 0 Å². The highest BCUT2D eigenvalue weighted by atomic mass is 14.9. The third kappa shape index (κ3) is 3.36. The van der Waals surface area contributed by atoms with Gasteiger partial charge in [-0.1, -0.05) is 53.6 Å². The molecule has 0 fully saturated rings. The minimum absolute atomic E-state index is 0.416. The van der Waals surface area contributed by atoms with Crippen LogP contribution in [0, 0.1) is 13.8 Å². The second kappa shape index (κ2) is 6.03. The van der Waals surface area contributed by atoms with Gasteiger partial charge < -0.3 is 5.32 Å². The predicted molar refractivity (Wildman–Crippen MR) is 89.7 cm³/mol. The minimum atomic E-state index is 0.416. The zero-order valence-electron chi connectivity index (χ0n) is 13.3. The van der Waals surface area contributed by atoms with Crippen LogP contribution in [0.5, 0.6) is 0 Å². The van der Waals surface area contributed by atoms with Crippen LogP contribution in [-0.2, 0) is 12.8 Å². The number of hydrogen-bond donors (Lipinski definition) is 1. The molecule has 0 saturated carbocycles. The van der Waals surface area contributed by atoms with Crippen molar-refractivity contribution in [3.63, 3.8) is 0 Å². The molecule has 2 aromatic rings. The van der Waals surface area contributed by atoms with Crippen LogP contribution in [0.25, 0.3) is 0 Å². The molecule has 0 heterocycles. The van der Waals surface area contributed by atoms with Crippen molar-refractivity contribution >= 4 is 0 Å². The van der Waals surface area contributed by atoms with Crippen molar-refractivity contribution in [2.45, 2.75) is 52.1 Å². The van der Waals surface area contributed by atoms with Crippen LogP contribution in [0.4, 0.5) is 0 Å². The number of hydrogen-bond acceptors (Lipinski definition) is 1. The van der Waals surface area contributed by atoms with Gasteiger partial charge in [0.2, 0.25) is 0 Å². The summed E-state index contributed by atoms with van der Waals surface area (Å²) in [6, 6.07) is 16.7. The van der Waals surface area contributed by atoms with E-state index >= 15 is 0 Å². The Morgan fingerprint density at radius 1 is 1.00 bits per heavy atom. The van der Waals surface area contributed by atoms with Crippen molar-refractivity contribution in [1.82, 2.24) is 5.32 Å². The summed E-state index contributed by atoms with van der Waals surface area (Å²) in [5.41, 5.74) is 7.18. The Bertz CT molecular complexity index is 609. The molecule has 1 heteroatoms. The lowest BCUT2D eigenvalue weighted by Crippen LogP contribution is -2.36. The Hall–Kier alpha value is -1.60. The van der Waals surface area contributed by atoms with Gasteiger partial charge in [0.15, 0.2) is 0 Å². The summed E-state index contributed by atoms with van der Waals surface area (Å²) in [4.78, 5) is 0. The molecule has 1 nitrogen and oxygen atoms in total. The van der Waals surface area contributed by atoms with Crippen LogP contribution < -0.4 is 5.32 Å². The van der Waals surface area contributed by atoms with E-state index in [-0.39, 0.29) is 0 Å². The first-order valence-electron chi connectivity index (χ1n) is 8.03. The van der Waals surface area contributed by atoms with Crippen molar-refractivity contribution < 1.29 is 0 Å². The molecule has 21 heavy (non-hydrogen) atoms. The van der Waals surface area contributed by atoms with Crippen molar-refractivity contribution in [3.05, 3.63) is 70.3 Å². The average molecular weight is 279 g/mol. The summed E-state index contributed by atoms with van der Waals surface area (Å²) in [6.07, 6.45) is 3.60. The Morgan fingerprint density at radius 3 is 2.38 bits per heavy atom. The summed E-state index contributed by atoms with van der Waals surface area (Å²) in [7, 11) is 0. The number of nitrogens with one attached hydrogen (secondary N) is 1. The molecule has 0 spiro atoms. The Morgan fingerprint density at radius 2 is 1.67 bits per heavy atom. The highest BCUT2D eigenvalue weighted by molar-refractivity contribution is 5.32. The molecule has 0 aliphatic heterocycles. The van der Waals surface area contributed by atoms with Gasteiger partial charge in [0.1, 0.15) is 0 Å². The van der Waals surface area contributed by atoms with E-state index in [2.05, 4.69) is 68.6 Å². The first-order valence-corrected chi connectivity index (χ1v) is 8.03. The summed E-state index contributed by atoms with van der Waals surface area (Å²) in [5, 5.41) is 3.83. The number of benzene rings is 2. The maximum absolute atomic E-state index is 3.83. The van der Waals surface area contributed by atoms with E-state index in [0.29, 0.717) is 12.1 Å². The standard InChI is InChI=1S/C20H25N/c1-14-10-15(2)12-19(11-14)16(3)21-20-9-8-17-6-4-5-7-18(17)13-20/h4-7,10-12,16,20-21H,8-9,13H2,1-3H3. The molecule has 1 N–H and O–H groups in total. The molecule has 110 valence electrons. The number of fused-ring (bicyclic) bond motifs is 1. The topological polar surface area (TPSA) is 12.0 Å². The normalized spacial score (nSPS) is 19.1. The summed E-state index contributed by atoms with van der Waals surface area (Å²) in [6.45, 7) is 6.65. The van der Waals surface area contributed by atoms with Gasteiger partial charge >= 0.3 is 0 Å². The monoisotopic (exact) mass is 279 g/mol. The predicted octanol–water partition coefficient (Wildman–Crippen LogP) is 4.51. The van der Waals surface area contributed by atoms with E-state index in [0.717, 1.165) is 6.42 Å². The van der Waals surface area contributed by atoms with E-state index in [1.807, 2.05) is 0 Å². The third-order valence-corrected chi connectivity index (χ3v) is 4.58. The van der Waals surface area contributed by atoms with E-state index in [1.165, 1.54) is 40.7 Å². The molecule has 0 aromatic heterocycles. The van der Waals surface area contributed by atoms with Gasteiger partial charge in [-0.2, -0.15) is 0 Å². The molecule has 2 atom stereocenters. The molecule has 0 radical (unpaired) electrons. The van der Waals surface area contributed by atoms with Gasteiger partial charge in [0, 0.05) is 12.1 Å². The molecule has 0 saturated heterocycles. The second-order valence-corrected chi connectivity index (χ2v) is 6.52. The SMILES string of the molecule is Cc1cc(C)cc(C(C)NC2CCc3ccccc3C2)c1. The van der Waals surface area contributed by atoms with Crippen LogP contribution in [0.1, 0.15) is 47.2 Å². The maximum Gasteiger partial charge on any atom is 0.0294 e. The van der Waals surface area contributed by atoms with Gasteiger partial charge in [-0.05, 0) is 56.7 Å². The van der Waals surface area contributed by atoms with E-state index in [1.54, 1.807) is 0 Å². The molecular weight excluding hydrogens is 254 g/mol. The lowest BCUT2D eigenvalue weighted by Gasteiger charge is -2.29. The first-order chi connectivity index (χ1) is 10.1. The third-order valence-electron chi connectivity index (χ3n) is 4.58. The minimum Gasteiger partial charge on any atom is -0.307 e. The fraction of sp³-hybridized carbons (Fsp3) is 0.400. The van der Waals surface area contributed by atoms with Gasteiger partial charge in [-0.3, -0.25) is 0 Å². The van der Waals surface area contributed by atoms with Crippen LogP contribution in [0.15, 0.2) is 42.5 Å². The van der Waals surface area contributed by atoms with Crippen molar-refractivity contribution in [1.29, 1.82) is 0 Å². The Kier molecular flexibility index (Phi) is 4.12. The number of aryl methyl sites for hydroxylation is 3. The molecule has 2 unspecified atom stereocenters. The summed E-state index contributed by atoms with van der Waals surface area (Å²) < 4.78 is 0. The van der Waals surface area contributed by atoms with Crippen LogP contribution in [-0.4, -0.2) is 6.04 Å². The molecular formula is C20H25N. The maximum atomic E-state index is 3.83. The lowest BCUT2D eigenvalue weighted by atomic mass is 9.87. The van der Waals surface area contributed by atoms with Crippen LogP contribution >= 0.6 is 0 Å². The molecule has 1 aliphatic carbocycles. The summed E-state index contributed by atoms with van der Waals surface area (Å²) >= 11 is 0. The highest BCUT2D eigenvalue weighted by Crippen LogP contribution is 2.24. The lowest BCUT2D eigenvalue weighted by molar-refractivity contribution is 0.413. The fourth-order valence-electron chi connectivity index (χ4n) is 3.55. The molecule has 0 bridgehead atoms. The van der Waals surface area contributed by atoms with E-state index in [4.69, 9.17) is 0 Å². The molecule has 2 aromatic carbocycles. The smallest absolute Gasteiger partial charge is 0.0294 e. The molecule has 0 amide bonds. The van der Waals surface area contributed by atoms with Crippen LogP contribution in [0.3, 0.4) is 0 Å². The Labute approximate surface area is 128 Å². The van der Waals surface area contributed by atoms with E-state index in [9.17, 15) is 0 Å². The first kappa shape index (κ1) is 14.3. The molecule has 1 aliphatic rings. The van der Waals surface area contributed by atoms with Gasteiger partial charge in [0.25, 0.3) is 0 Å². The Balaban J connectivity index is 1.70. The van der Waals surface area contributed by atoms with Crippen molar-refractivity contribution in [2.75, 3.05) is 0 Å². The number of rotatable bonds is 3. The van der Waals surface area contributed by atoms with Crippen molar-refractivity contribution in [2.24, 2.45) is 0 Å².